The summed E-state index contributed by atoms with van der Waals surface area (Å²) in [4.78, 5) is 28.0. The van der Waals surface area contributed by atoms with E-state index < -0.39 is 18.0 Å². The summed E-state index contributed by atoms with van der Waals surface area (Å²) >= 11 is 11.7. The van der Waals surface area contributed by atoms with E-state index in [2.05, 4.69) is 10.3 Å². The Morgan fingerprint density at radius 3 is 2.72 bits per heavy atom. The number of nitrogens with zero attached hydrogens (tertiary/aromatic N) is 1. The smallest absolute Gasteiger partial charge is 0.311 e. The van der Waals surface area contributed by atoms with Crippen molar-refractivity contribution >= 4 is 40.9 Å². The van der Waals surface area contributed by atoms with Gasteiger partial charge in [0, 0.05) is 6.20 Å². The van der Waals surface area contributed by atoms with Crippen LogP contribution in [0.3, 0.4) is 0 Å². The molecule has 2 aromatic rings. The average molecular weight is 383 g/mol. The van der Waals surface area contributed by atoms with Gasteiger partial charge in [0.2, 0.25) is 0 Å². The van der Waals surface area contributed by atoms with Crippen molar-refractivity contribution in [3.8, 4) is 5.75 Å². The molecule has 1 aromatic carbocycles. The first-order chi connectivity index (χ1) is 11.9. The first kappa shape index (κ1) is 19.0. The van der Waals surface area contributed by atoms with E-state index in [4.69, 9.17) is 32.7 Å². The Hall–Kier alpha value is -2.31. The van der Waals surface area contributed by atoms with Crippen molar-refractivity contribution in [1.29, 1.82) is 0 Å². The van der Waals surface area contributed by atoms with E-state index in [0.29, 0.717) is 10.8 Å². The van der Waals surface area contributed by atoms with E-state index in [1.165, 1.54) is 19.2 Å². The van der Waals surface area contributed by atoms with Crippen molar-refractivity contribution in [2.24, 2.45) is 0 Å². The molecule has 0 aliphatic carbocycles. The van der Waals surface area contributed by atoms with Crippen molar-refractivity contribution in [1.82, 2.24) is 4.98 Å². The molecule has 25 heavy (non-hydrogen) atoms. The highest BCUT2D eigenvalue weighted by atomic mass is 35.5. The summed E-state index contributed by atoms with van der Waals surface area (Å²) in [7, 11) is 1.54. The van der Waals surface area contributed by atoms with Gasteiger partial charge in [-0.3, -0.25) is 9.59 Å². The fourth-order valence-electron chi connectivity index (χ4n) is 1.97. The predicted molar refractivity (Wildman–Crippen MR) is 95.1 cm³/mol. The van der Waals surface area contributed by atoms with Gasteiger partial charge in [0.05, 0.1) is 23.6 Å². The quantitative estimate of drug-likeness (QED) is 0.773. The lowest BCUT2D eigenvalue weighted by Crippen LogP contribution is -2.30. The SMILES string of the molecule is COc1cccc(CC(=O)OC(C)C(=O)Nc2ncc(Cl)cc2Cl)c1. The van der Waals surface area contributed by atoms with Crippen LogP contribution < -0.4 is 10.1 Å². The third-order valence-corrected chi connectivity index (χ3v) is 3.70. The van der Waals surface area contributed by atoms with E-state index in [1.807, 2.05) is 0 Å². The summed E-state index contributed by atoms with van der Waals surface area (Å²) in [5, 5.41) is 3.03. The Bertz CT molecular complexity index is 783. The number of esters is 1. The van der Waals surface area contributed by atoms with Crippen LogP contribution in [0, 0.1) is 0 Å². The molecule has 1 atom stereocenters. The van der Waals surface area contributed by atoms with Crippen LogP contribution in [0.4, 0.5) is 5.82 Å². The standard InChI is InChI=1S/C17H16Cl2N2O4/c1-10(17(23)21-16-14(19)8-12(18)9-20-16)25-15(22)7-11-4-3-5-13(6-11)24-2/h3-6,8-10H,7H2,1-2H3,(H,20,21,23). The number of pyridine rings is 1. The molecule has 0 fully saturated rings. The van der Waals surface area contributed by atoms with Gasteiger partial charge in [-0.2, -0.15) is 0 Å². The lowest BCUT2D eigenvalue weighted by molar-refractivity contribution is -0.152. The average Bonchev–Trinajstić information content (AvgIpc) is 2.57. The van der Waals surface area contributed by atoms with Crippen molar-refractivity contribution in [3.63, 3.8) is 0 Å². The number of nitrogens with one attached hydrogen (secondary N) is 1. The predicted octanol–water partition coefficient (Wildman–Crippen LogP) is 3.51. The van der Waals surface area contributed by atoms with Crippen LogP contribution >= 0.6 is 23.2 Å². The second-order valence-corrected chi connectivity index (χ2v) is 5.98. The lowest BCUT2D eigenvalue weighted by atomic mass is 10.1. The molecule has 0 radical (unpaired) electrons. The molecule has 1 amide bonds. The van der Waals surface area contributed by atoms with Gasteiger partial charge in [-0.15, -0.1) is 0 Å². The molecule has 0 saturated carbocycles. The number of carbonyl (C=O) groups excluding carboxylic acids is 2. The molecule has 0 saturated heterocycles. The summed E-state index contributed by atoms with van der Waals surface area (Å²) in [6.07, 6.45) is 0.365. The minimum Gasteiger partial charge on any atom is -0.497 e. The zero-order chi connectivity index (χ0) is 18.4. The number of methoxy groups -OCH3 is 1. The highest BCUT2D eigenvalue weighted by Gasteiger charge is 2.19. The lowest BCUT2D eigenvalue weighted by Gasteiger charge is -2.14. The Labute approximate surface area is 155 Å². The van der Waals surface area contributed by atoms with E-state index in [9.17, 15) is 9.59 Å². The number of anilines is 1. The summed E-state index contributed by atoms with van der Waals surface area (Å²) in [5.41, 5.74) is 0.722. The van der Waals surface area contributed by atoms with Crippen LogP contribution in [0.5, 0.6) is 5.75 Å². The Morgan fingerprint density at radius 2 is 2.04 bits per heavy atom. The highest BCUT2D eigenvalue weighted by molar-refractivity contribution is 6.36. The van der Waals surface area contributed by atoms with Crippen LogP contribution in [0.25, 0.3) is 0 Å². The largest absolute Gasteiger partial charge is 0.497 e. The molecule has 8 heteroatoms. The number of amides is 1. The monoisotopic (exact) mass is 382 g/mol. The molecule has 0 spiro atoms. The second-order valence-electron chi connectivity index (χ2n) is 5.13. The van der Waals surface area contributed by atoms with Gasteiger partial charge in [0.15, 0.2) is 11.9 Å². The first-order valence-corrected chi connectivity index (χ1v) is 8.09. The van der Waals surface area contributed by atoms with Crippen LogP contribution in [0.15, 0.2) is 36.5 Å². The number of hydrogen-bond acceptors (Lipinski definition) is 5. The van der Waals surface area contributed by atoms with Crippen molar-refractivity contribution in [2.45, 2.75) is 19.4 Å². The van der Waals surface area contributed by atoms with Crippen LogP contribution in [-0.2, 0) is 20.7 Å². The molecule has 0 aliphatic rings. The van der Waals surface area contributed by atoms with Gasteiger partial charge in [0.1, 0.15) is 5.75 Å². The van der Waals surface area contributed by atoms with Gasteiger partial charge < -0.3 is 14.8 Å². The fraction of sp³-hybridized carbons (Fsp3) is 0.235. The number of aromatic nitrogens is 1. The molecule has 1 aromatic heterocycles. The van der Waals surface area contributed by atoms with Gasteiger partial charge in [-0.25, -0.2) is 4.98 Å². The number of carbonyl (C=O) groups is 2. The minimum absolute atomic E-state index is 0.0226. The Kier molecular flexibility index (Phi) is 6.61. The Balaban J connectivity index is 1.92. The first-order valence-electron chi connectivity index (χ1n) is 7.33. The zero-order valence-corrected chi connectivity index (χ0v) is 15.1. The molecular formula is C17H16Cl2N2O4. The molecule has 132 valence electrons. The van der Waals surface area contributed by atoms with E-state index in [0.717, 1.165) is 5.56 Å². The van der Waals surface area contributed by atoms with Crippen LogP contribution in [0.1, 0.15) is 12.5 Å². The maximum Gasteiger partial charge on any atom is 0.311 e. The van der Waals surface area contributed by atoms with Crippen molar-refractivity contribution in [3.05, 3.63) is 52.1 Å². The van der Waals surface area contributed by atoms with Crippen molar-refractivity contribution < 1.29 is 19.1 Å². The number of halogens is 2. The third-order valence-electron chi connectivity index (χ3n) is 3.21. The molecule has 1 heterocycles. The second kappa shape index (κ2) is 8.69. The van der Waals surface area contributed by atoms with Gasteiger partial charge in [-0.1, -0.05) is 35.3 Å². The number of rotatable bonds is 6. The molecule has 6 nitrogen and oxygen atoms in total. The minimum atomic E-state index is -1.01. The summed E-state index contributed by atoms with van der Waals surface area (Å²) in [6.45, 7) is 1.46. The Morgan fingerprint density at radius 1 is 1.28 bits per heavy atom. The van der Waals surface area contributed by atoms with Crippen molar-refractivity contribution in [2.75, 3.05) is 12.4 Å². The number of hydrogen-bond donors (Lipinski definition) is 1. The zero-order valence-electron chi connectivity index (χ0n) is 13.6. The van der Waals surface area contributed by atoms with Gasteiger partial charge in [0.25, 0.3) is 5.91 Å². The van der Waals surface area contributed by atoms with Gasteiger partial charge in [-0.05, 0) is 30.7 Å². The number of benzene rings is 1. The summed E-state index contributed by atoms with van der Waals surface area (Å²) in [6, 6.07) is 8.49. The molecule has 0 bridgehead atoms. The maximum atomic E-state index is 12.1. The summed E-state index contributed by atoms with van der Waals surface area (Å²) in [5.74, 6) is -0.298. The topological polar surface area (TPSA) is 77.5 Å². The van der Waals surface area contributed by atoms with E-state index in [1.54, 1.807) is 31.4 Å². The third kappa shape index (κ3) is 5.62. The van der Waals surface area contributed by atoms with E-state index >= 15 is 0 Å². The van der Waals surface area contributed by atoms with Gasteiger partial charge >= 0.3 is 5.97 Å². The van der Waals surface area contributed by atoms with Crippen LogP contribution in [0.2, 0.25) is 10.0 Å². The molecule has 1 N–H and O–H groups in total. The summed E-state index contributed by atoms with van der Waals surface area (Å²) < 4.78 is 10.2. The van der Waals surface area contributed by atoms with E-state index in [-0.39, 0.29) is 17.3 Å². The fourth-order valence-corrected chi connectivity index (χ4v) is 2.39. The normalized spacial score (nSPS) is 11.5. The van der Waals surface area contributed by atoms with Crippen LogP contribution in [-0.4, -0.2) is 30.1 Å². The maximum absolute atomic E-state index is 12.1. The molecule has 1 unspecified atom stereocenters. The molecule has 2 rings (SSSR count). The highest BCUT2D eigenvalue weighted by Crippen LogP contribution is 2.22. The number of ether oxygens (including phenoxy) is 2. The molecule has 0 aliphatic heterocycles. The molecular weight excluding hydrogens is 367 g/mol.